The fourth-order valence-electron chi connectivity index (χ4n) is 3.57. The van der Waals surface area contributed by atoms with Gasteiger partial charge in [-0.05, 0) is 31.4 Å². The highest BCUT2D eigenvalue weighted by Gasteiger charge is 2.31. The van der Waals surface area contributed by atoms with Crippen molar-refractivity contribution in [2.45, 2.75) is 25.8 Å². The monoisotopic (exact) mass is 332 g/mol. The average Bonchev–Trinajstić information content (AvgIpc) is 2.61. The van der Waals surface area contributed by atoms with Gasteiger partial charge in [0.1, 0.15) is 5.69 Å². The van der Waals surface area contributed by atoms with Gasteiger partial charge in [-0.25, -0.2) is 0 Å². The number of piperidine rings is 1. The van der Waals surface area contributed by atoms with Crippen molar-refractivity contribution in [2.75, 3.05) is 37.6 Å². The number of carbonyl (C=O) groups excluding carboxylic acids is 1. The van der Waals surface area contributed by atoms with E-state index in [4.69, 9.17) is 0 Å². The Morgan fingerprint density at radius 2 is 1.96 bits per heavy atom. The van der Waals surface area contributed by atoms with Crippen LogP contribution in [0.2, 0.25) is 0 Å². The molecule has 0 saturated carbocycles. The molecule has 2 aliphatic heterocycles. The van der Waals surface area contributed by atoms with Gasteiger partial charge in [-0.1, -0.05) is 19.1 Å². The van der Waals surface area contributed by atoms with Crippen LogP contribution in [0.3, 0.4) is 0 Å². The number of nitrogens with zero attached hydrogens (tertiary/aromatic N) is 3. The molecule has 1 amide bonds. The van der Waals surface area contributed by atoms with Crippen LogP contribution in [0, 0.1) is 16.0 Å². The number of piperazine rings is 1. The highest BCUT2D eigenvalue weighted by molar-refractivity contribution is 5.82. The number of hydrogen-bond donors (Lipinski definition) is 1. The van der Waals surface area contributed by atoms with Crippen LogP contribution in [-0.4, -0.2) is 54.5 Å². The quantitative estimate of drug-likeness (QED) is 0.672. The van der Waals surface area contributed by atoms with Crippen LogP contribution >= 0.6 is 0 Å². The number of para-hydroxylation sites is 2. The van der Waals surface area contributed by atoms with Crippen LogP contribution in [0.5, 0.6) is 0 Å². The molecule has 0 aliphatic carbocycles. The smallest absolute Gasteiger partial charge is 0.292 e. The molecule has 0 spiro atoms. The second-order valence-corrected chi connectivity index (χ2v) is 6.69. The molecule has 0 bridgehead atoms. The van der Waals surface area contributed by atoms with Crippen molar-refractivity contribution in [3.05, 3.63) is 34.4 Å². The first-order valence-electron chi connectivity index (χ1n) is 8.57. The Morgan fingerprint density at radius 3 is 2.62 bits per heavy atom. The predicted molar refractivity (Wildman–Crippen MR) is 92.1 cm³/mol. The van der Waals surface area contributed by atoms with Crippen molar-refractivity contribution in [1.29, 1.82) is 0 Å². The minimum atomic E-state index is -0.347. The molecule has 1 N–H and O–H groups in total. The number of anilines is 1. The molecule has 2 saturated heterocycles. The molecule has 2 fully saturated rings. The van der Waals surface area contributed by atoms with Crippen molar-refractivity contribution in [1.82, 2.24) is 10.2 Å². The number of carbonyl (C=O) groups is 1. The normalized spacial score (nSPS) is 24.7. The average molecular weight is 332 g/mol. The minimum absolute atomic E-state index is 0.0774. The van der Waals surface area contributed by atoms with E-state index in [2.05, 4.69) is 12.2 Å². The lowest BCUT2D eigenvalue weighted by molar-refractivity contribution is -0.384. The maximum atomic E-state index is 12.7. The van der Waals surface area contributed by atoms with E-state index in [1.165, 1.54) is 6.07 Å². The largest absolute Gasteiger partial charge is 0.362 e. The molecule has 1 aromatic rings. The number of nitro groups is 1. The van der Waals surface area contributed by atoms with E-state index in [-0.39, 0.29) is 22.6 Å². The standard InChI is InChI=1S/C17H24N4O3/c1-13-6-7-18-14(12-13)17(22)20-10-8-19(9-11-20)15-4-2-3-5-16(15)21(23)24/h2-5,13-14,18H,6-12H2,1H3. The Kier molecular flexibility index (Phi) is 4.99. The Hall–Kier alpha value is -2.15. The summed E-state index contributed by atoms with van der Waals surface area (Å²) in [5, 5.41) is 14.5. The summed E-state index contributed by atoms with van der Waals surface area (Å²) in [6.45, 7) is 5.55. The summed E-state index contributed by atoms with van der Waals surface area (Å²) < 4.78 is 0. The summed E-state index contributed by atoms with van der Waals surface area (Å²) in [7, 11) is 0. The first-order chi connectivity index (χ1) is 11.6. The first kappa shape index (κ1) is 16.7. The second-order valence-electron chi connectivity index (χ2n) is 6.69. The van der Waals surface area contributed by atoms with Gasteiger partial charge >= 0.3 is 0 Å². The number of hydrogen-bond acceptors (Lipinski definition) is 5. The fourth-order valence-corrected chi connectivity index (χ4v) is 3.57. The van der Waals surface area contributed by atoms with Gasteiger partial charge in [0.25, 0.3) is 5.69 Å². The van der Waals surface area contributed by atoms with Gasteiger partial charge in [0, 0.05) is 32.2 Å². The third kappa shape index (κ3) is 3.51. The van der Waals surface area contributed by atoms with Gasteiger partial charge in [-0.2, -0.15) is 0 Å². The third-order valence-electron chi connectivity index (χ3n) is 4.97. The fraction of sp³-hybridized carbons (Fsp3) is 0.588. The Balaban J connectivity index is 1.62. The van der Waals surface area contributed by atoms with Gasteiger partial charge in [-0.15, -0.1) is 0 Å². The summed E-state index contributed by atoms with van der Waals surface area (Å²) in [4.78, 5) is 27.4. The summed E-state index contributed by atoms with van der Waals surface area (Å²) in [5.74, 6) is 0.747. The van der Waals surface area contributed by atoms with Crippen LogP contribution < -0.4 is 10.2 Å². The number of nitro benzene ring substituents is 1. The molecule has 0 radical (unpaired) electrons. The molecular weight excluding hydrogens is 308 g/mol. The minimum Gasteiger partial charge on any atom is -0.362 e. The molecule has 130 valence electrons. The molecule has 2 aliphatic rings. The van der Waals surface area contributed by atoms with E-state index >= 15 is 0 Å². The van der Waals surface area contributed by atoms with E-state index in [1.807, 2.05) is 15.9 Å². The SMILES string of the molecule is CC1CCNC(C(=O)N2CCN(c3ccccc3[N+](=O)[O-])CC2)C1. The van der Waals surface area contributed by atoms with E-state index < -0.39 is 0 Å². The van der Waals surface area contributed by atoms with Crippen LogP contribution in [0.1, 0.15) is 19.8 Å². The van der Waals surface area contributed by atoms with Crippen molar-refractivity contribution in [3.63, 3.8) is 0 Å². The molecule has 24 heavy (non-hydrogen) atoms. The van der Waals surface area contributed by atoms with Gasteiger partial charge in [0.2, 0.25) is 5.91 Å². The molecular formula is C17H24N4O3. The molecule has 7 nitrogen and oxygen atoms in total. The number of amides is 1. The highest BCUT2D eigenvalue weighted by atomic mass is 16.6. The van der Waals surface area contributed by atoms with E-state index in [1.54, 1.807) is 12.1 Å². The molecule has 2 heterocycles. The van der Waals surface area contributed by atoms with E-state index in [0.717, 1.165) is 19.4 Å². The molecule has 2 atom stereocenters. The Morgan fingerprint density at radius 1 is 1.25 bits per heavy atom. The van der Waals surface area contributed by atoms with E-state index in [0.29, 0.717) is 37.8 Å². The third-order valence-corrected chi connectivity index (χ3v) is 4.97. The van der Waals surface area contributed by atoms with Crippen LogP contribution in [0.4, 0.5) is 11.4 Å². The number of benzene rings is 1. The number of nitrogens with one attached hydrogen (secondary N) is 1. The maximum Gasteiger partial charge on any atom is 0.292 e. The summed E-state index contributed by atoms with van der Waals surface area (Å²) in [5.41, 5.74) is 0.763. The van der Waals surface area contributed by atoms with Crippen molar-refractivity contribution < 1.29 is 9.72 Å². The van der Waals surface area contributed by atoms with Crippen molar-refractivity contribution in [2.24, 2.45) is 5.92 Å². The lowest BCUT2D eigenvalue weighted by atomic mass is 9.93. The number of rotatable bonds is 3. The molecule has 7 heteroatoms. The van der Waals surface area contributed by atoms with Crippen molar-refractivity contribution >= 4 is 17.3 Å². The van der Waals surface area contributed by atoms with Crippen LogP contribution in [0.15, 0.2) is 24.3 Å². The Bertz CT molecular complexity index is 614. The molecule has 3 rings (SSSR count). The van der Waals surface area contributed by atoms with Crippen LogP contribution in [-0.2, 0) is 4.79 Å². The molecule has 1 aromatic carbocycles. The van der Waals surface area contributed by atoms with Gasteiger partial charge in [-0.3, -0.25) is 14.9 Å². The zero-order valence-electron chi connectivity index (χ0n) is 14.0. The van der Waals surface area contributed by atoms with Gasteiger partial charge in [0.05, 0.1) is 11.0 Å². The molecule has 2 unspecified atom stereocenters. The second kappa shape index (κ2) is 7.17. The molecule has 0 aromatic heterocycles. The zero-order valence-corrected chi connectivity index (χ0v) is 14.0. The lowest BCUT2D eigenvalue weighted by Gasteiger charge is -2.38. The maximum absolute atomic E-state index is 12.7. The van der Waals surface area contributed by atoms with Gasteiger partial charge < -0.3 is 15.1 Å². The predicted octanol–water partition coefficient (Wildman–Crippen LogP) is 1.63. The van der Waals surface area contributed by atoms with E-state index in [9.17, 15) is 14.9 Å². The first-order valence-corrected chi connectivity index (χ1v) is 8.57. The van der Waals surface area contributed by atoms with Crippen LogP contribution in [0.25, 0.3) is 0 Å². The lowest BCUT2D eigenvalue weighted by Crippen LogP contribution is -2.55. The van der Waals surface area contributed by atoms with Gasteiger partial charge in [0.15, 0.2) is 0 Å². The topological polar surface area (TPSA) is 78.7 Å². The summed E-state index contributed by atoms with van der Waals surface area (Å²) in [6, 6.07) is 6.72. The summed E-state index contributed by atoms with van der Waals surface area (Å²) >= 11 is 0. The summed E-state index contributed by atoms with van der Waals surface area (Å²) in [6.07, 6.45) is 2.01. The highest BCUT2D eigenvalue weighted by Crippen LogP contribution is 2.28. The Labute approximate surface area is 141 Å². The zero-order chi connectivity index (χ0) is 17.1. The van der Waals surface area contributed by atoms with Crippen molar-refractivity contribution in [3.8, 4) is 0 Å².